The largest absolute Gasteiger partial charge is 0.311 e. The maximum absolute atomic E-state index is 2.42. The highest BCUT2D eigenvalue weighted by Gasteiger charge is 2.33. The highest BCUT2D eigenvalue weighted by atomic mass is 32.3. The van der Waals surface area contributed by atoms with Crippen LogP contribution in [-0.2, 0) is 0 Å². The van der Waals surface area contributed by atoms with Crippen molar-refractivity contribution in [3.63, 3.8) is 0 Å². The van der Waals surface area contributed by atoms with Gasteiger partial charge in [-0.1, -0.05) is 194 Å². The van der Waals surface area contributed by atoms with Crippen LogP contribution in [0.25, 0.3) is 55.3 Å². The van der Waals surface area contributed by atoms with Gasteiger partial charge in [-0.2, -0.15) is 0 Å². The molecule has 0 aliphatic carbocycles. The van der Waals surface area contributed by atoms with E-state index in [-0.39, 0.29) is 0 Å². The Morgan fingerprint density at radius 3 is 1.11 bits per heavy atom. The molecule has 11 aromatic rings. The maximum Gasteiger partial charge on any atom is 0.0462 e. The summed E-state index contributed by atoms with van der Waals surface area (Å²) in [6.07, 6.45) is 0. The molecule has 0 aromatic heterocycles. The average Bonchev–Trinajstić information content (AvgIpc) is 3.41. The fraction of sp³-hybridized carbons (Fsp3) is 0. The molecular formula is C64H47NS. The van der Waals surface area contributed by atoms with Crippen molar-refractivity contribution in [2.75, 3.05) is 4.90 Å². The lowest BCUT2D eigenvalue weighted by atomic mass is 9.90. The molecule has 0 unspecified atom stereocenters. The molecule has 0 aliphatic heterocycles. The summed E-state index contributed by atoms with van der Waals surface area (Å²) in [5, 5.41) is 2.51. The Hall–Kier alpha value is -8.17. The number of anilines is 3. The molecule has 0 saturated heterocycles. The van der Waals surface area contributed by atoms with Crippen molar-refractivity contribution in [2.45, 2.75) is 19.6 Å². The first-order chi connectivity index (χ1) is 32.7. The molecular weight excluding hydrogens is 815 g/mol. The van der Waals surface area contributed by atoms with Crippen molar-refractivity contribution in [1.29, 1.82) is 0 Å². The molecule has 314 valence electrons. The summed E-state index contributed by atoms with van der Waals surface area (Å²) < 4.78 is 0. The molecule has 0 saturated carbocycles. The number of fused-ring (bicyclic) bond motifs is 1. The van der Waals surface area contributed by atoms with E-state index in [0.29, 0.717) is 0 Å². The Kier molecular flexibility index (Phi) is 11.2. The molecule has 0 radical (unpaired) electrons. The van der Waals surface area contributed by atoms with Crippen LogP contribution in [0.1, 0.15) is 0 Å². The Morgan fingerprint density at radius 2 is 0.591 bits per heavy atom. The first-order valence-electron chi connectivity index (χ1n) is 22.6. The topological polar surface area (TPSA) is 3.24 Å². The van der Waals surface area contributed by atoms with Crippen molar-refractivity contribution in [1.82, 2.24) is 0 Å². The molecule has 1 nitrogen and oxygen atoms in total. The number of nitrogens with zero attached hydrogens (tertiary/aromatic N) is 1. The van der Waals surface area contributed by atoms with Crippen LogP contribution in [0, 0.1) is 0 Å². The molecule has 0 spiro atoms. The zero-order valence-electron chi connectivity index (χ0n) is 36.5. The average molecular weight is 862 g/mol. The number of benzene rings is 11. The third kappa shape index (κ3) is 7.68. The van der Waals surface area contributed by atoms with Crippen LogP contribution in [-0.4, -0.2) is 0 Å². The minimum absolute atomic E-state index is 1.10. The van der Waals surface area contributed by atoms with Crippen LogP contribution in [0.15, 0.2) is 305 Å². The van der Waals surface area contributed by atoms with Crippen molar-refractivity contribution < 1.29 is 0 Å². The molecule has 0 fully saturated rings. The Balaban J connectivity index is 0.937. The Labute approximate surface area is 389 Å². The van der Waals surface area contributed by atoms with Gasteiger partial charge in [-0.15, -0.1) is 10.0 Å². The van der Waals surface area contributed by atoms with Crippen molar-refractivity contribution in [2.24, 2.45) is 0 Å². The SMILES string of the molecule is c1ccc(-c2cccc3cccc(-c4cccc(-c5ccc(N(c6ccccc6)c6ccc(-c7cccc(S(c8ccccc8)(c8ccccc8)c8ccccc8)c7)cc6)cc5)c4)c23)cc1. The van der Waals surface area contributed by atoms with E-state index in [4.69, 9.17) is 0 Å². The van der Waals surface area contributed by atoms with Gasteiger partial charge in [-0.25, -0.2) is 0 Å². The molecule has 0 heterocycles. The van der Waals surface area contributed by atoms with E-state index in [0.717, 1.165) is 17.1 Å². The zero-order chi connectivity index (χ0) is 44.1. The predicted molar refractivity (Wildman–Crippen MR) is 280 cm³/mol. The van der Waals surface area contributed by atoms with Gasteiger partial charge >= 0.3 is 0 Å². The van der Waals surface area contributed by atoms with Crippen LogP contribution in [0.3, 0.4) is 0 Å². The van der Waals surface area contributed by atoms with Crippen LogP contribution in [0.4, 0.5) is 17.1 Å². The molecule has 0 aliphatic rings. The maximum atomic E-state index is 2.42. The quantitative estimate of drug-likeness (QED) is 0.125. The second kappa shape index (κ2) is 18.1. The lowest BCUT2D eigenvalue weighted by molar-refractivity contribution is 1.24. The minimum atomic E-state index is -1.81. The first kappa shape index (κ1) is 40.6. The van der Waals surface area contributed by atoms with Gasteiger partial charge in [-0.05, 0) is 146 Å². The second-order valence-corrected chi connectivity index (χ2v) is 19.6. The number of rotatable bonds is 11. The van der Waals surface area contributed by atoms with Crippen LogP contribution in [0.2, 0.25) is 0 Å². The van der Waals surface area contributed by atoms with Crippen molar-refractivity contribution >= 4 is 37.9 Å². The summed E-state index contributed by atoms with van der Waals surface area (Å²) >= 11 is 0. The standard InChI is InChI=1S/C64H47NS/c1-6-20-50(21-7-1)62-36-18-22-51-23-19-37-63(64(51)62)54-26-16-24-52(46-54)48-38-42-56(43-39-48)65(55-27-8-2-9-28-55)57-44-40-49(41-45-57)53-25-17-35-61(47-53)66(58-29-10-3-11-30-58,59-31-12-4-13-32-59)60-33-14-5-15-34-60/h1-47H. The third-order valence-corrected chi connectivity index (χ3v) is 16.5. The summed E-state index contributed by atoms with van der Waals surface area (Å²) in [5.41, 5.74) is 12.9. The van der Waals surface area contributed by atoms with E-state index in [1.165, 1.54) is 74.9 Å². The van der Waals surface area contributed by atoms with Crippen LogP contribution in [0.5, 0.6) is 0 Å². The second-order valence-electron chi connectivity index (χ2n) is 16.5. The minimum Gasteiger partial charge on any atom is -0.311 e. The van der Waals surface area contributed by atoms with E-state index < -0.39 is 10.0 Å². The molecule has 0 N–H and O–H groups in total. The molecule has 11 rings (SSSR count). The monoisotopic (exact) mass is 861 g/mol. The summed E-state index contributed by atoms with van der Waals surface area (Å²) in [7, 11) is -1.81. The van der Waals surface area contributed by atoms with Crippen molar-refractivity contribution in [3.05, 3.63) is 285 Å². The van der Waals surface area contributed by atoms with Gasteiger partial charge in [0.2, 0.25) is 0 Å². The Bertz CT molecular complexity index is 3270. The fourth-order valence-electron chi connectivity index (χ4n) is 9.49. The lowest BCUT2D eigenvalue weighted by Crippen LogP contribution is -2.09. The normalized spacial score (nSPS) is 11.6. The van der Waals surface area contributed by atoms with E-state index in [9.17, 15) is 0 Å². The highest BCUT2D eigenvalue weighted by Crippen LogP contribution is 2.73. The number of para-hydroxylation sites is 1. The molecule has 0 amide bonds. The summed E-state index contributed by atoms with van der Waals surface area (Å²) in [6, 6.07) is 104. The predicted octanol–water partition coefficient (Wildman–Crippen LogP) is 18.3. The smallest absolute Gasteiger partial charge is 0.0462 e. The van der Waals surface area contributed by atoms with Gasteiger partial charge in [-0.3, -0.25) is 0 Å². The number of hydrogen-bond donors (Lipinski definition) is 0. The molecule has 2 heteroatoms. The fourth-order valence-corrected chi connectivity index (χ4v) is 13.4. The van der Waals surface area contributed by atoms with Crippen molar-refractivity contribution in [3.8, 4) is 44.5 Å². The summed E-state index contributed by atoms with van der Waals surface area (Å²) in [4.78, 5) is 7.59. The van der Waals surface area contributed by atoms with Gasteiger partial charge in [0.15, 0.2) is 0 Å². The Morgan fingerprint density at radius 1 is 0.227 bits per heavy atom. The summed E-state index contributed by atoms with van der Waals surface area (Å²) in [6.45, 7) is 0. The molecule has 11 aromatic carbocycles. The van der Waals surface area contributed by atoms with Gasteiger partial charge in [0.25, 0.3) is 0 Å². The first-order valence-corrected chi connectivity index (χ1v) is 24.2. The zero-order valence-corrected chi connectivity index (χ0v) is 37.3. The van der Waals surface area contributed by atoms with Gasteiger partial charge in [0.1, 0.15) is 0 Å². The highest BCUT2D eigenvalue weighted by molar-refractivity contribution is 8.34. The van der Waals surface area contributed by atoms with E-state index in [1.54, 1.807) is 0 Å². The van der Waals surface area contributed by atoms with E-state index >= 15 is 0 Å². The molecule has 0 bridgehead atoms. The summed E-state index contributed by atoms with van der Waals surface area (Å²) in [5.74, 6) is 0. The van der Waals surface area contributed by atoms with E-state index in [1.807, 2.05) is 0 Å². The number of hydrogen-bond acceptors (Lipinski definition) is 1. The molecule has 66 heavy (non-hydrogen) atoms. The van der Waals surface area contributed by atoms with Gasteiger partial charge in [0.05, 0.1) is 0 Å². The van der Waals surface area contributed by atoms with E-state index in [2.05, 4.69) is 290 Å². The lowest BCUT2D eigenvalue weighted by Gasteiger charge is -2.42. The van der Waals surface area contributed by atoms with Gasteiger partial charge in [0, 0.05) is 36.6 Å². The van der Waals surface area contributed by atoms with Crippen LogP contribution < -0.4 is 4.90 Å². The molecule has 0 atom stereocenters. The van der Waals surface area contributed by atoms with Gasteiger partial charge < -0.3 is 4.90 Å². The van der Waals surface area contributed by atoms with Crippen LogP contribution >= 0.6 is 10.0 Å². The third-order valence-electron chi connectivity index (χ3n) is 12.6.